The lowest BCUT2D eigenvalue weighted by atomic mass is 10.1. The lowest BCUT2D eigenvalue weighted by Gasteiger charge is -2.18. The quantitative estimate of drug-likeness (QED) is 0.0261. The molecule has 0 aliphatic heterocycles. The molecule has 79 heavy (non-hydrogen) atoms. The van der Waals surface area contributed by atoms with E-state index in [0.29, 0.717) is 19.3 Å². The van der Waals surface area contributed by atoms with E-state index in [2.05, 4.69) is 179 Å². The van der Waals surface area contributed by atoms with E-state index in [1.165, 1.54) is 51.4 Å². The van der Waals surface area contributed by atoms with Crippen molar-refractivity contribution in [3.63, 3.8) is 0 Å². The maximum atomic E-state index is 12.9. The molecule has 0 saturated heterocycles. The maximum Gasteiger partial charge on any atom is 0.306 e. The van der Waals surface area contributed by atoms with Crippen molar-refractivity contribution in [2.24, 2.45) is 0 Å². The van der Waals surface area contributed by atoms with Gasteiger partial charge in [0.05, 0.1) is 0 Å². The van der Waals surface area contributed by atoms with Gasteiger partial charge in [-0.05, 0) is 148 Å². The van der Waals surface area contributed by atoms with Crippen LogP contribution in [0.5, 0.6) is 0 Å². The molecule has 0 aliphatic carbocycles. The number of hydrogen-bond donors (Lipinski definition) is 0. The first kappa shape index (κ1) is 74.0. The van der Waals surface area contributed by atoms with Crippen molar-refractivity contribution in [3.05, 3.63) is 158 Å². The Labute approximate surface area is 486 Å². The van der Waals surface area contributed by atoms with Crippen LogP contribution in [0.2, 0.25) is 0 Å². The molecule has 444 valence electrons. The number of carbonyl (C=O) groups excluding carboxylic acids is 3. The van der Waals surface area contributed by atoms with Crippen LogP contribution in [0.4, 0.5) is 0 Å². The van der Waals surface area contributed by atoms with Gasteiger partial charge in [-0.25, -0.2) is 0 Å². The summed E-state index contributed by atoms with van der Waals surface area (Å²) >= 11 is 0. The highest BCUT2D eigenvalue weighted by molar-refractivity contribution is 5.71. The third kappa shape index (κ3) is 63.7. The monoisotopic (exact) mass is 1090 g/mol. The van der Waals surface area contributed by atoms with Crippen LogP contribution < -0.4 is 0 Å². The van der Waals surface area contributed by atoms with Crippen LogP contribution in [0.25, 0.3) is 0 Å². The van der Waals surface area contributed by atoms with E-state index in [1.807, 2.05) is 0 Å². The molecule has 0 heterocycles. The third-order valence-corrected chi connectivity index (χ3v) is 13.0. The van der Waals surface area contributed by atoms with Gasteiger partial charge in [0.1, 0.15) is 13.2 Å². The molecular weight excluding hydrogens is 973 g/mol. The van der Waals surface area contributed by atoms with E-state index in [-0.39, 0.29) is 31.1 Å². The van der Waals surface area contributed by atoms with E-state index < -0.39 is 6.10 Å². The molecule has 6 nitrogen and oxygen atoms in total. The number of allylic oxidation sites excluding steroid dienone is 26. The van der Waals surface area contributed by atoms with Crippen LogP contribution in [-0.4, -0.2) is 37.2 Å². The fraction of sp³-hybridized carbons (Fsp3) is 0.603. The standard InChI is InChI=1S/C73H116O6/c1-4-7-10-13-16-19-22-24-26-27-28-29-30-31-32-33-34-35-36-37-38-39-40-41-42-43-44-45-47-48-51-54-57-60-63-66-72(75)78-69-70(68-77-71(74)65-62-59-56-53-50-21-18-15-12-9-6-3)79-73(76)67-64-61-58-55-52-49-46-25-23-20-17-14-11-8-5-2/h7,10,15-20,24-26,28-29,31-32,34-35,37-38,40-41,43-44,46-48,70H,4-6,8-9,11-14,21-23,27,30,33,36,39,42,45,49-69H2,1-3H3/b10-7-,18-15-,19-16-,20-17-,26-24-,29-28-,32-31-,35-34-,38-37-,41-40-,44-43-,46-25-,48-47-. The zero-order chi connectivity index (χ0) is 57.1. The molecule has 0 N–H and O–H groups in total. The molecule has 0 bridgehead atoms. The predicted octanol–water partition coefficient (Wildman–Crippen LogP) is 22.1. The minimum Gasteiger partial charge on any atom is -0.462 e. The molecule has 1 unspecified atom stereocenters. The summed E-state index contributed by atoms with van der Waals surface area (Å²) in [5, 5.41) is 0. The molecule has 0 aromatic heterocycles. The lowest BCUT2D eigenvalue weighted by molar-refractivity contribution is -0.167. The van der Waals surface area contributed by atoms with Crippen LogP contribution in [0.15, 0.2) is 158 Å². The zero-order valence-corrected chi connectivity index (χ0v) is 50.8. The molecule has 0 spiro atoms. The van der Waals surface area contributed by atoms with Gasteiger partial charge in [-0.2, -0.15) is 0 Å². The number of carbonyl (C=O) groups is 3. The Kier molecular flexibility index (Phi) is 61.4. The normalized spacial score (nSPS) is 13.2. The molecule has 0 radical (unpaired) electrons. The number of esters is 3. The fourth-order valence-electron chi connectivity index (χ4n) is 8.19. The first-order chi connectivity index (χ1) is 39.0. The largest absolute Gasteiger partial charge is 0.462 e. The van der Waals surface area contributed by atoms with Crippen molar-refractivity contribution in [3.8, 4) is 0 Å². The Morgan fingerprint density at radius 2 is 0.506 bits per heavy atom. The highest BCUT2D eigenvalue weighted by Crippen LogP contribution is 2.13. The van der Waals surface area contributed by atoms with Crippen LogP contribution in [0.3, 0.4) is 0 Å². The van der Waals surface area contributed by atoms with Gasteiger partial charge in [0.2, 0.25) is 0 Å². The Bertz CT molecular complexity index is 1780. The van der Waals surface area contributed by atoms with E-state index in [0.717, 1.165) is 173 Å². The Morgan fingerprint density at radius 3 is 0.823 bits per heavy atom. The Hall–Kier alpha value is -4.97. The Morgan fingerprint density at radius 1 is 0.266 bits per heavy atom. The molecule has 0 fully saturated rings. The van der Waals surface area contributed by atoms with Crippen molar-refractivity contribution in [1.29, 1.82) is 0 Å². The van der Waals surface area contributed by atoms with Gasteiger partial charge < -0.3 is 14.2 Å². The molecule has 0 amide bonds. The van der Waals surface area contributed by atoms with Crippen LogP contribution in [0.1, 0.15) is 265 Å². The SMILES string of the molecule is CC/C=C\C/C=C\C/C=C\C/C=C\C/C=C\C/C=C\C/C=C\C/C=C\C/C=C\C/C=C\CCCCCCC(=O)OCC(COC(=O)CCCCCCC/C=C\CCCC)OC(=O)CCCCCCC/C=C\C/C=C\CCCCC. The fourth-order valence-corrected chi connectivity index (χ4v) is 8.19. The predicted molar refractivity (Wildman–Crippen MR) is 343 cm³/mol. The molecule has 0 saturated carbocycles. The summed E-state index contributed by atoms with van der Waals surface area (Å²) < 4.78 is 16.8. The average Bonchev–Trinajstić information content (AvgIpc) is 3.45. The summed E-state index contributed by atoms with van der Waals surface area (Å²) in [6.45, 7) is 6.41. The van der Waals surface area contributed by atoms with Crippen LogP contribution >= 0.6 is 0 Å². The molecule has 6 heteroatoms. The van der Waals surface area contributed by atoms with Crippen molar-refractivity contribution >= 4 is 17.9 Å². The van der Waals surface area contributed by atoms with Crippen molar-refractivity contribution in [2.45, 2.75) is 271 Å². The summed E-state index contributed by atoms with van der Waals surface area (Å²) in [5.41, 5.74) is 0. The highest BCUT2D eigenvalue weighted by Gasteiger charge is 2.19. The van der Waals surface area contributed by atoms with Crippen LogP contribution in [0, 0.1) is 0 Å². The molecule has 0 rings (SSSR count). The van der Waals surface area contributed by atoms with Crippen molar-refractivity contribution < 1.29 is 28.6 Å². The van der Waals surface area contributed by atoms with E-state index in [4.69, 9.17) is 14.2 Å². The zero-order valence-electron chi connectivity index (χ0n) is 50.8. The van der Waals surface area contributed by atoms with Gasteiger partial charge in [-0.1, -0.05) is 256 Å². The number of unbranched alkanes of at least 4 members (excludes halogenated alkanes) is 19. The van der Waals surface area contributed by atoms with Gasteiger partial charge in [0, 0.05) is 19.3 Å². The second kappa shape index (κ2) is 65.5. The van der Waals surface area contributed by atoms with E-state index >= 15 is 0 Å². The summed E-state index contributed by atoms with van der Waals surface area (Å²) in [4.78, 5) is 38.2. The van der Waals surface area contributed by atoms with Gasteiger partial charge >= 0.3 is 17.9 Å². The third-order valence-electron chi connectivity index (χ3n) is 13.0. The number of hydrogen-bond acceptors (Lipinski definition) is 6. The topological polar surface area (TPSA) is 78.9 Å². The molecule has 0 aromatic carbocycles. The summed E-state index contributed by atoms with van der Waals surface area (Å²) in [6, 6.07) is 0. The van der Waals surface area contributed by atoms with Crippen molar-refractivity contribution in [1.82, 2.24) is 0 Å². The molecule has 1 atom stereocenters. The van der Waals surface area contributed by atoms with Gasteiger partial charge in [0.25, 0.3) is 0 Å². The van der Waals surface area contributed by atoms with E-state index in [9.17, 15) is 14.4 Å². The lowest BCUT2D eigenvalue weighted by Crippen LogP contribution is -2.30. The number of ether oxygens (including phenoxy) is 3. The summed E-state index contributed by atoms with van der Waals surface area (Å²) in [7, 11) is 0. The highest BCUT2D eigenvalue weighted by atomic mass is 16.6. The Balaban J connectivity index is 4.31. The molecular formula is C73H116O6. The molecule has 0 aromatic rings. The van der Waals surface area contributed by atoms with Crippen LogP contribution in [-0.2, 0) is 28.6 Å². The van der Waals surface area contributed by atoms with E-state index in [1.54, 1.807) is 0 Å². The van der Waals surface area contributed by atoms with Crippen molar-refractivity contribution in [2.75, 3.05) is 13.2 Å². The van der Waals surface area contributed by atoms with Gasteiger partial charge in [-0.3, -0.25) is 14.4 Å². The molecule has 0 aliphatic rings. The second-order valence-electron chi connectivity index (χ2n) is 20.6. The first-order valence-corrected chi connectivity index (χ1v) is 32.0. The number of rotatable bonds is 56. The summed E-state index contributed by atoms with van der Waals surface area (Å²) in [6.07, 6.45) is 95.4. The maximum absolute atomic E-state index is 12.9. The summed E-state index contributed by atoms with van der Waals surface area (Å²) in [5.74, 6) is -0.955. The second-order valence-corrected chi connectivity index (χ2v) is 20.6. The average molecular weight is 1090 g/mol. The first-order valence-electron chi connectivity index (χ1n) is 32.0. The minimum atomic E-state index is -0.806. The van der Waals surface area contributed by atoms with Gasteiger partial charge in [0.15, 0.2) is 6.10 Å². The van der Waals surface area contributed by atoms with Gasteiger partial charge in [-0.15, -0.1) is 0 Å². The minimum absolute atomic E-state index is 0.101. The smallest absolute Gasteiger partial charge is 0.306 e.